The highest BCUT2D eigenvalue weighted by Crippen LogP contribution is 2.21. The Morgan fingerprint density at radius 2 is 2.19 bits per heavy atom. The molecule has 26 heavy (non-hydrogen) atoms. The molecule has 2 heterocycles. The molecule has 0 bridgehead atoms. The highest BCUT2D eigenvalue weighted by atomic mass is 16.3. The summed E-state index contributed by atoms with van der Waals surface area (Å²) >= 11 is 0. The van der Waals surface area contributed by atoms with Gasteiger partial charge in [-0.2, -0.15) is 0 Å². The van der Waals surface area contributed by atoms with E-state index < -0.39 is 0 Å². The Balaban J connectivity index is 1.71. The van der Waals surface area contributed by atoms with Gasteiger partial charge < -0.3 is 10.4 Å². The molecule has 140 valence electrons. The largest absolute Gasteiger partial charge is 0.395 e. The van der Waals surface area contributed by atoms with Crippen molar-refractivity contribution in [3.8, 4) is 0 Å². The molecule has 0 unspecified atom stereocenters. The molecule has 1 saturated heterocycles. The number of fused-ring (bicyclic) bond motifs is 1. The Morgan fingerprint density at radius 1 is 1.35 bits per heavy atom. The lowest BCUT2D eigenvalue weighted by Crippen LogP contribution is -2.45. The van der Waals surface area contributed by atoms with Crippen molar-refractivity contribution in [3.05, 3.63) is 41.1 Å². The zero-order valence-electron chi connectivity index (χ0n) is 15.8. The maximum atomic E-state index is 12.8. The van der Waals surface area contributed by atoms with Gasteiger partial charge >= 0.3 is 0 Å². The summed E-state index contributed by atoms with van der Waals surface area (Å²) in [6.07, 6.45) is 4.31. The average Bonchev–Trinajstić information content (AvgIpc) is 2.67. The minimum atomic E-state index is -0.0497. The summed E-state index contributed by atoms with van der Waals surface area (Å²) < 4.78 is 0. The van der Waals surface area contributed by atoms with E-state index >= 15 is 0 Å². The van der Waals surface area contributed by atoms with Crippen LogP contribution in [-0.4, -0.2) is 53.2 Å². The van der Waals surface area contributed by atoms with Crippen LogP contribution in [0.4, 0.5) is 0 Å². The van der Waals surface area contributed by atoms with E-state index in [1.165, 1.54) is 18.4 Å². The lowest BCUT2D eigenvalue weighted by Gasteiger charge is -2.34. The van der Waals surface area contributed by atoms with Crippen molar-refractivity contribution in [2.75, 3.05) is 26.2 Å². The number of piperidine rings is 1. The number of aliphatic hydroxyl groups is 1. The number of aryl methyl sites for hydroxylation is 2. The van der Waals surface area contributed by atoms with Gasteiger partial charge in [0.1, 0.15) is 0 Å². The van der Waals surface area contributed by atoms with Gasteiger partial charge in [0.05, 0.1) is 17.7 Å². The van der Waals surface area contributed by atoms with E-state index in [1.807, 2.05) is 19.1 Å². The lowest BCUT2D eigenvalue weighted by atomic mass is 10.0. The van der Waals surface area contributed by atoms with Crippen LogP contribution in [0.2, 0.25) is 0 Å². The Bertz CT molecular complexity index is 775. The van der Waals surface area contributed by atoms with E-state index in [2.05, 4.69) is 34.3 Å². The summed E-state index contributed by atoms with van der Waals surface area (Å²) in [7, 11) is 0. The third-order valence-corrected chi connectivity index (χ3v) is 5.30. The summed E-state index contributed by atoms with van der Waals surface area (Å²) in [5, 5.41) is 13.5. The predicted molar refractivity (Wildman–Crippen MR) is 104 cm³/mol. The van der Waals surface area contributed by atoms with E-state index in [0.29, 0.717) is 12.1 Å². The zero-order chi connectivity index (χ0) is 18.5. The molecule has 0 radical (unpaired) electrons. The molecular formula is C21H29N3O2. The van der Waals surface area contributed by atoms with Crippen LogP contribution >= 0.6 is 0 Å². The molecule has 0 aliphatic carbocycles. The minimum Gasteiger partial charge on any atom is -0.395 e. The van der Waals surface area contributed by atoms with Crippen LogP contribution in [0.15, 0.2) is 24.3 Å². The normalized spacial score (nSPS) is 18.2. The fraction of sp³-hybridized carbons (Fsp3) is 0.524. The van der Waals surface area contributed by atoms with Crippen molar-refractivity contribution < 1.29 is 9.90 Å². The van der Waals surface area contributed by atoms with Crippen molar-refractivity contribution in [2.45, 2.75) is 45.6 Å². The van der Waals surface area contributed by atoms with E-state index in [-0.39, 0.29) is 18.6 Å². The Morgan fingerprint density at radius 3 is 2.96 bits per heavy atom. The number of pyridine rings is 1. The second kappa shape index (κ2) is 8.60. The molecule has 2 N–H and O–H groups in total. The van der Waals surface area contributed by atoms with Crippen LogP contribution in [0.1, 0.15) is 47.8 Å². The Kier molecular flexibility index (Phi) is 6.22. The van der Waals surface area contributed by atoms with E-state index in [4.69, 9.17) is 0 Å². The number of hydrogen-bond acceptors (Lipinski definition) is 4. The number of likely N-dealkylation sites (tertiary alicyclic amines) is 1. The van der Waals surface area contributed by atoms with Crippen molar-refractivity contribution in [3.63, 3.8) is 0 Å². The molecule has 0 spiro atoms. The molecule has 1 aromatic carbocycles. The van der Waals surface area contributed by atoms with E-state index in [1.54, 1.807) is 0 Å². The average molecular weight is 355 g/mol. The summed E-state index contributed by atoms with van der Waals surface area (Å²) in [5.74, 6) is -0.0497. The highest BCUT2D eigenvalue weighted by Gasteiger charge is 2.21. The van der Waals surface area contributed by atoms with Gasteiger partial charge in [-0.3, -0.25) is 14.7 Å². The van der Waals surface area contributed by atoms with Crippen LogP contribution in [0, 0.1) is 6.92 Å². The van der Waals surface area contributed by atoms with Gasteiger partial charge in [-0.05, 0) is 56.5 Å². The predicted octanol–water partition coefficient (Wildman–Crippen LogP) is 2.68. The Labute approximate surface area is 155 Å². The second-order valence-corrected chi connectivity index (χ2v) is 7.14. The molecule has 1 atom stereocenters. The molecule has 3 rings (SSSR count). The van der Waals surface area contributed by atoms with Gasteiger partial charge in [0.25, 0.3) is 5.91 Å². The molecule has 5 heteroatoms. The smallest absolute Gasteiger partial charge is 0.252 e. The van der Waals surface area contributed by atoms with E-state index in [0.717, 1.165) is 42.5 Å². The molecule has 5 nitrogen and oxygen atoms in total. The van der Waals surface area contributed by atoms with Gasteiger partial charge in [0.15, 0.2) is 0 Å². The standard InChI is InChI=1S/C21H29N3O2/c1-3-16-7-8-20-18(13-16)19(12-15(2)23-20)21(26)22-9-11-24-10-5-4-6-17(24)14-25/h7-8,12-13,17,25H,3-6,9-11,14H2,1-2H3,(H,22,26)/t17-/m1/s1. The summed E-state index contributed by atoms with van der Waals surface area (Å²) in [4.78, 5) is 19.6. The first-order valence-corrected chi connectivity index (χ1v) is 9.65. The number of nitrogens with zero attached hydrogens (tertiary/aromatic N) is 2. The number of amides is 1. The monoisotopic (exact) mass is 355 g/mol. The first kappa shape index (κ1) is 18.8. The first-order chi connectivity index (χ1) is 12.6. The third kappa shape index (κ3) is 4.22. The van der Waals surface area contributed by atoms with Crippen molar-refractivity contribution in [1.29, 1.82) is 0 Å². The summed E-state index contributed by atoms with van der Waals surface area (Å²) in [5.41, 5.74) is 3.61. The number of aromatic nitrogens is 1. The number of carbonyl (C=O) groups excluding carboxylic acids is 1. The molecule has 1 aromatic heterocycles. The number of aliphatic hydroxyl groups excluding tert-OH is 1. The van der Waals surface area contributed by atoms with Crippen LogP contribution in [0.5, 0.6) is 0 Å². The SMILES string of the molecule is CCc1ccc2nc(C)cc(C(=O)NCCN3CCCC[C@@H]3CO)c2c1. The van der Waals surface area contributed by atoms with Gasteiger partial charge in [-0.25, -0.2) is 0 Å². The van der Waals surface area contributed by atoms with Crippen LogP contribution in [0.25, 0.3) is 10.9 Å². The van der Waals surface area contributed by atoms with Crippen LogP contribution in [0.3, 0.4) is 0 Å². The maximum absolute atomic E-state index is 12.8. The molecule has 0 saturated carbocycles. The van der Waals surface area contributed by atoms with Gasteiger partial charge in [0.2, 0.25) is 0 Å². The maximum Gasteiger partial charge on any atom is 0.252 e. The van der Waals surface area contributed by atoms with Crippen LogP contribution < -0.4 is 5.32 Å². The number of rotatable bonds is 6. The number of hydrogen-bond donors (Lipinski definition) is 2. The quantitative estimate of drug-likeness (QED) is 0.836. The third-order valence-electron chi connectivity index (χ3n) is 5.30. The molecule has 1 aliphatic heterocycles. The van der Waals surface area contributed by atoms with Crippen molar-refractivity contribution in [2.24, 2.45) is 0 Å². The fourth-order valence-electron chi connectivity index (χ4n) is 3.78. The molecule has 1 amide bonds. The fourth-order valence-corrected chi connectivity index (χ4v) is 3.78. The van der Waals surface area contributed by atoms with Gasteiger partial charge in [0, 0.05) is 30.2 Å². The second-order valence-electron chi connectivity index (χ2n) is 7.14. The lowest BCUT2D eigenvalue weighted by molar-refractivity contribution is 0.0850. The molecule has 2 aromatic rings. The summed E-state index contributed by atoms with van der Waals surface area (Å²) in [6.45, 7) is 6.59. The summed E-state index contributed by atoms with van der Waals surface area (Å²) in [6, 6.07) is 8.24. The molecular weight excluding hydrogens is 326 g/mol. The van der Waals surface area contributed by atoms with Crippen molar-refractivity contribution >= 4 is 16.8 Å². The number of benzene rings is 1. The topological polar surface area (TPSA) is 65.5 Å². The zero-order valence-corrected chi connectivity index (χ0v) is 15.8. The van der Waals surface area contributed by atoms with E-state index in [9.17, 15) is 9.90 Å². The minimum absolute atomic E-state index is 0.0497. The number of carbonyl (C=O) groups is 1. The van der Waals surface area contributed by atoms with Gasteiger partial charge in [-0.1, -0.05) is 19.4 Å². The highest BCUT2D eigenvalue weighted by molar-refractivity contribution is 6.06. The molecule has 1 aliphatic rings. The Hall–Kier alpha value is -1.98. The van der Waals surface area contributed by atoms with Crippen LogP contribution in [-0.2, 0) is 6.42 Å². The van der Waals surface area contributed by atoms with Crippen molar-refractivity contribution in [1.82, 2.24) is 15.2 Å². The molecule has 1 fully saturated rings. The first-order valence-electron chi connectivity index (χ1n) is 9.65. The number of nitrogens with one attached hydrogen (secondary N) is 1. The van der Waals surface area contributed by atoms with Gasteiger partial charge in [-0.15, -0.1) is 0 Å².